The number of fused-ring (bicyclic) bond motifs is 1. The number of carbonyl (C=O) groups is 1. The first-order valence-corrected chi connectivity index (χ1v) is 8.80. The average Bonchev–Trinajstić information content (AvgIpc) is 2.72. The van der Waals surface area contributed by atoms with Gasteiger partial charge in [0, 0.05) is 43.1 Å². The van der Waals surface area contributed by atoms with Crippen LogP contribution in [0, 0.1) is 0 Å². The molecule has 0 spiro atoms. The molecule has 1 aliphatic heterocycles. The number of pyridine rings is 2. The standard InChI is InChI=1S/C21H20N4O/c26-21(24-15-16-7-10-22-11-8-16)19-14-18(9-12-23-19)25-13-3-5-17-4-1-2-6-20(17)25/h1-2,4,6-12,14H,3,5,13,15H2,(H,24,26). The molecular weight excluding hydrogens is 324 g/mol. The normalized spacial score (nSPS) is 13.2. The molecule has 26 heavy (non-hydrogen) atoms. The zero-order chi connectivity index (χ0) is 17.8. The Bertz CT molecular complexity index is 911. The van der Waals surface area contributed by atoms with Gasteiger partial charge in [-0.3, -0.25) is 14.8 Å². The third-order valence-corrected chi connectivity index (χ3v) is 4.60. The molecule has 5 heteroatoms. The van der Waals surface area contributed by atoms with Crippen molar-refractivity contribution in [1.82, 2.24) is 15.3 Å². The lowest BCUT2D eigenvalue weighted by Gasteiger charge is -2.31. The maximum atomic E-state index is 12.5. The van der Waals surface area contributed by atoms with Crippen LogP contribution in [0.25, 0.3) is 0 Å². The third-order valence-electron chi connectivity index (χ3n) is 4.60. The SMILES string of the molecule is O=C(NCc1ccncc1)c1cc(N2CCCc3ccccc32)ccn1. The molecule has 0 saturated carbocycles. The number of anilines is 2. The Balaban J connectivity index is 1.53. The Kier molecular flexibility index (Phi) is 4.60. The summed E-state index contributed by atoms with van der Waals surface area (Å²) in [6, 6.07) is 16.0. The lowest BCUT2D eigenvalue weighted by molar-refractivity contribution is 0.0946. The monoisotopic (exact) mass is 344 g/mol. The van der Waals surface area contributed by atoms with Crippen LogP contribution in [0.15, 0.2) is 67.1 Å². The fourth-order valence-corrected chi connectivity index (χ4v) is 3.29. The summed E-state index contributed by atoms with van der Waals surface area (Å²) < 4.78 is 0. The number of para-hydroxylation sites is 1. The van der Waals surface area contributed by atoms with E-state index in [1.165, 1.54) is 11.3 Å². The van der Waals surface area contributed by atoms with Crippen LogP contribution in [-0.4, -0.2) is 22.4 Å². The number of benzene rings is 1. The number of amides is 1. The van der Waals surface area contributed by atoms with Gasteiger partial charge in [-0.05, 0) is 54.3 Å². The first-order valence-electron chi connectivity index (χ1n) is 8.80. The van der Waals surface area contributed by atoms with Gasteiger partial charge in [-0.2, -0.15) is 0 Å². The number of rotatable bonds is 4. The van der Waals surface area contributed by atoms with Gasteiger partial charge in [0.15, 0.2) is 0 Å². The van der Waals surface area contributed by atoms with Crippen molar-refractivity contribution >= 4 is 17.3 Å². The molecular formula is C21H20N4O. The molecule has 4 rings (SSSR count). The Morgan fingerprint density at radius 1 is 1.08 bits per heavy atom. The highest BCUT2D eigenvalue weighted by Crippen LogP contribution is 2.33. The van der Waals surface area contributed by atoms with Gasteiger partial charge in [0.05, 0.1) is 0 Å². The van der Waals surface area contributed by atoms with Crippen molar-refractivity contribution in [2.75, 3.05) is 11.4 Å². The van der Waals surface area contributed by atoms with Crippen LogP contribution in [0.3, 0.4) is 0 Å². The van der Waals surface area contributed by atoms with Crippen LogP contribution >= 0.6 is 0 Å². The fraction of sp³-hybridized carbons (Fsp3) is 0.190. The number of nitrogens with zero attached hydrogens (tertiary/aromatic N) is 3. The number of aromatic nitrogens is 2. The summed E-state index contributed by atoms with van der Waals surface area (Å²) >= 11 is 0. The smallest absolute Gasteiger partial charge is 0.270 e. The van der Waals surface area contributed by atoms with Gasteiger partial charge in [0.2, 0.25) is 0 Å². The second-order valence-corrected chi connectivity index (χ2v) is 6.32. The van der Waals surface area contributed by atoms with Crippen LogP contribution in [-0.2, 0) is 13.0 Å². The molecule has 1 aromatic carbocycles. The molecule has 0 atom stereocenters. The van der Waals surface area contributed by atoms with Gasteiger partial charge in [-0.15, -0.1) is 0 Å². The van der Waals surface area contributed by atoms with E-state index in [1.807, 2.05) is 24.3 Å². The molecule has 3 heterocycles. The lowest BCUT2D eigenvalue weighted by atomic mass is 10.0. The molecule has 0 saturated heterocycles. The Hall–Kier alpha value is -3.21. The van der Waals surface area contributed by atoms with E-state index in [0.717, 1.165) is 30.6 Å². The highest BCUT2D eigenvalue weighted by Gasteiger charge is 2.19. The minimum absolute atomic E-state index is 0.172. The molecule has 130 valence electrons. The van der Waals surface area contributed by atoms with Gasteiger partial charge in [-0.25, -0.2) is 0 Å². The van der Waals surface area contributed by atoms with E-state index in [-0.39, 0.29) is 5.91 Å². The van der Waals surface area contributed by atoms with Crippen molar-refractivity contribution in [3.8, 4) is 0 Å². The van der Waals surface area contributed by atoms with Crippen molar-refractivity contribution in [3.63, 3.8) is 0 Å². The summed E-state index contributed by atoms with van der Waals surface area (Å²) in [6.45, 7) is 1.40. The predicted octanol–water partition coefficient (Wildman–Crippen LogP) is 3.49. The quantitative estimate of drug-likeness (QED) is 0.787. The Morgan fingerprint density at radius 2 is 1.92 bits per heavy atom. The van der Waals surface area contributed by atoms with Gasteiger partial charge >= 0.3 is 0 Å². The number of hydrogen-bond acceptors (Lipinski definition) is 4. The third kappa shape index (κ3) is 3.42. The van der Waals surface area contributed by atoms with Crippen LogP contribution in [0.1, 0.15) is 28.0 Å². The Morgan fingerprint density at radius 3 is 2.81 bits per heavy atom. The minimum atomic E-state index is -0.172. The molecule has 0 bridgehead atoms. The minimum Gasteiger partial charge on any atom is -0.347 e. The molecule has 3 aromatic rings. The van der Waals surface area contributed by atoms with Crippen molar-refractivity contribution in [3.05, 3.63) is 83.9 Å². The number of aryl methyl sites for hydroxylation is 1. The van der Waals surface area contributed by atoms with Gasteiger partial charge in [-0.1, -0.05) is 18.2 Å². The molecule has 1 amide bonds. The Labute approximate surface area is 152 Å². The first-order chi connectivity index (χ1) is 12.8. The van der Waals surface area contributed by atoms with E-state index in [2.05, 4.69) is 44.5 Å². The second kappa shape index (κ2) is 7.35. The van der Waals surface area contributed by atoms with Crippen molar-refractivity contribution in [2.24, 2.45) is 0 Å². The highest BCUT2D eigenvalue weighted by atomic mass is 16.1. The maximum absolute atomic E-state index is 12.5. The van der Waals surface area contributed by atoms with Crippen LogP contribution in [0.2, 0.25) is 0 Å². The molecule has 2 aromatic heterocycles. The summed E-state index contributed by atoms with van der Waals surface area (Å²) in [6.07, 6.45) is 7.33. The molecule has 5 nitrogen and oxygen atoms in total. The molecule has 1 aliphatic rings. The van der Waals surface area contributed by atoms with Gasteiger partial charge in [0.25, 0.3) is 5.91 Å². The topological polar surface area (TPSA) is 58.1 Å². The van der Waals surface area contributed by atoms with Gasteiger partial charge in [0.1, 0.15) is 5.69 Å². The molecule has 0 aliphatic carbocycles. The zero-order valence-corrected chi connectivity index (χ0v) is 14.4. The van der Waals surface area contributed by atoms with E-state index < -0.39 is 0 Å². The lowest BCUT2D eigenvalue weighted by Crippen LogP contribution is -2.26. The average molecular weight is 344 g/mol. The largest absolute Gasteiger partial charge is 0.347 e. The van der Waals surface area contributed by atoms with E-state index in [1.54, 1.807) is 18.6 Å². The molecule has 0 radical (unpaired) electrons. The second-order valence-electron chi connectivity index (χ2n) is 6.32. The predicted molar refractivity (Wildman–Crippen MR) is 101 cm³/mol. The fourth-order valence-electron chi connectivity index (χ4n) is 3.29. The zero-order valence-electron chi connectivity index (χ0n) is 14.4. The van der Waals surface area contributed by atoms with Gasteiger partial charge < -0.3 is 10.2 Å². The van der Waals surface area contributed by atoms with Crippen LogP contribution in [0.5, 0.6) is 0 Å². The number of hydrogen-bond donors (Lipinski definition) is 1. The van der Waals surface area contributed by atoms with Crippen molar-refractivity contribution in [2.45, 2.75) is 19.4 Å². The molecule has 1 N–H and O–H groups in total. The van der Waals surface area contributed by atoms with E-state index in [0.29, 0.717) is 12.2 Å². The highest BCUT2D eigenvalue weighted by molar-refractivity contribution is 5.93. The van der Waals surface area contributed by atoms with Crippen molar-refractivity contribution in [1.29, 1.82) is 0 Å². The number of carbonyl (C=O) groups excluding carboxylic acids is 1. The first kappa shape index (κ1) is 16.3. The maximum Gasteiger partial charge on any atom is 0.270 e. The van der Waals surface area contributed by atoms with E-state index in [9.17, 15) is 4.79 Å². The van der Waals surface area contributed by atoms with E-state index >= 15 is 0 Å². The summed E-state index contributed by atoms with van der Waals surface area (Å²) in [5.41, 5.74) is 5.00. The molecule has 0 fully saturated rings. The summed E-state index contributed by atoms with van der Waals surface area (Å²) in [5.74, 6) is -0.172. The summed E-state index contributed by atoms with van der Waals surface area (Å²) in [4.78, 5) is 23.0. The van der Waals surface area contributed by atoms with Crippen LogP contribution in [0.4, 0.5) is 11.4 Å². The summed E-state index contributed by atoms with van der Waals surface area (Å²) in [5, 5.41) is 2.92. The number of nitrogens with one attached hydrogen (secondary N) is 1. The van der Waals surface area contributed by atoms with Crippen LogP contribution < -0.4 is 10.2 Å². The molecule has 0 unspecified atom stereocenters. The summed E-state index contributed by atoms with van der Waals surface area (Å²) in [7, 11) is 0. The van der Waals surface area contributed by atoms with Crippen molar-refractivity contribution < 1.29 is 4.79 Å². The van der Waals surface area contributed by atoms with E-state index in [4.69, 9.17) is 0 Å².